The molecule has 4 amide bonds. The van der Waals surface area contributed by atoms with Crippen LogP contribution in [0.2, 0.25) is 5.15 Å². The van der Waals surface area contributed by atoms with Gasteiger partial charge in [-0.3, -0.25) is 10.6 Å². The van der Waals surface area contributed by atoms with E-state index in [1.165, 1.54) is 0 Å². The summed E-state index contributed by atoms with van der Waals surface area (Å²) < 4.78 is 10.1. The Morgan fingerprint density at radius 2 is 1.20 bits per heavy atom. The van der Waals surface area contributed by atoms with Crippen LogP contribution in [0.4, 0.5) is 38.7 Å². The number of nitrogens with one attached hydrogen (secondary N) is 5. The predicted octanol–water partition coefficient (Wildman–Crippen LogP) is 5.89. The lowest BCUT2D eigenvalue weighted by atomic mass is 10.3. The molecule has 0 bridgehead atoms. The number of urea groups is 2. The highest BCUT2D eigenvalue weighted by Gasteiger charge is 2.09. The molecule has 0 saturated heterocycles. The maximum absolute atomic E-state index is 12.1. The number of hydrogen-bond acceptors (Lipinski definition) is 10. The lowest BCUT2D eigenvalue weighted by molar-refractivity contribution is 0.261. The van der Waals surface area contributed by atoms with Gasteiger partial charge < -0.3 is 30.3 Å². The van der Waals surface area contributed by atoms with Crippen LogP contribution in [0.5, 0.6) is 11.5 Å². The van der Waals surface area contributed by atoms with Gasteiger partial charge in [0.05, 0.1) is 14.2 Å². The Hall–Kier alpha value is -5.21. The summed E-state index contributed by atoms with van der Waals surface area (Å²) in [4.78, 5) is 42.6. The van der Waals surface area contributed by atoms with Gasteiger partial charge in [0.25, 0.3) is 0 Å². The van der Waals surface area contributed by atoms with E-state index in [1.807, 2.05) is 27.1 Å². The molecule has 0 aliphatic heterocycles. The number of amides is 4. The van der Waals surface area contributed by atoms with Gasteiger partial charge in [-0.25, -0.2) is 24.5 Å². The first-order valence-electron chi connectivity index (χ1n) is 14.2. The van der Waals surface area contributed by atoms with Crippen molar-refractivity contribution in [2.45, 2.75) is 20.3 Å². The number of halogens is 1. The lowest BCUT2D eigenvalue weighted by Crippen LogP contribution is -2.21. The number of ether oxygens (including phenoxy) is 2. The van der Waals surface area contributed by atoms with E-state index in [0.717, 1.165) is 31.0 Å². The molecule has 0 aliphatic rings. The first-order chi connectivity index (χ1) is 22.0. The Bertz CT molecular complexity index is 1550. The molecule has 0 radical (unpaired) electrons. The quantitative estimate of drug-likeness (QED) is 0.0975. The fourth-order valence-corrected chi connectivity index (χ4v) is 4.03. The van der Waals surface area contributed by atoms with Crippen molar-refractivity contribution in [2.75, 3.05) is 68.0 Å². The van der Waals surface area contributed by atoms with E-state index in [0.29, 0.717) is 28.6 Å². The molecular weight excluding hydrogens is 612 g/mol. The number of benzene rings is 2. The largest absolute Gasteiger partial charge is 0.497 e. The molecule has 0 saturated carbocycles. The van der Waals surface area contributed by atoms with Gasteiger partial charge in [-0.15, -0.1) is 0 Å². The molecule has 0 fully saturated rings. The van der Waals surface area contributed by atoms with Gasteiger partial charge in [0.2, 0.25) is 11.9 Å². The second-order valence-corrected chi connectivity index (χ2v) is 10.5. The highest BCUT2D eigenvalue weighted by molar-refractivity contribution is 6.29. The summed E-state index contributed by atoms with van der Waals surface area (Å²) in [5.74, 6) is 2.54. The Morgan fingerprint density at radius 3 is 1.65 bits per heavy atom. The molecule has 244 valence electrons. The van der Waals surface area contributed by atoms with Gasteiger partial charge in [0.1, 0.15) is 22.5 Å². The van der Waals surface area contributed by atoms with Crippen LogP contribution >= 0.6 is 11.6 Å². The van der Waals surface area contributed by atoms with E-state index in [-0.39, 0.29) is 17.0 Å². The van der Waals surface area contributed by atoms with Crippen LogP contribution in [0.1, 0.15) is 17.8 Å². The lowest BCUT2D eigenvalue weighted by Gasteiger charge is -2.12. The van der Waals surface area contributed by atoms with Gasteiger partial charge in [0, 0.05) is 35.4 Å². The Balaban J connectivity index is 0.000000259. The first-order valence-corrected chi connectivity index (χ1v) is 14.6. The molecule has 0 atom stereocenters. The molecule has 2 aromatic carbocycles. The average Bonchev–Trinajstić information content (AvgIpc) is 2.99. The number of anilines is 5. The van der Waals surface area contributed by atoms with Crippen molar-refractivity contribution in [1.82, 2.24) is 24.8 Å². The van der Waals surface area contributed by atoms with E-state index in [9.17, 15) is 9.59 Å². The zero-order valence-electron chi connectivity index (χ0n) is 26.6. The summed E-state index contributed by atoms with van der Waals surface area (Å²) in [7, 11) is 7.25. The number of nitrogens with zero attached hydrogens (tertiary/aromatic N) is 5. The van der Waals surface area contributed by atoms with Gasteiger partial charge in [-0.2, -0.15) is 4.98 Å². The third-order valence-electron chi connectivity index (χ3n) is 5.91. The van der Waals surface area contributed by atoms with E-state index in [2.05, 4.69) is 51.4 Å². The number of hydrogen-bond donors (Lipinski definition) is 5. The summed E-state index contributed by atoms with van der Waals surface area (Å²) in [5, 5.41) is 14.1. The summed E-state index contributed by atoms with van der Waals surface area (Å²) >= 11 is 5.79. The van der Waals surface area contributed by atoms with Gasteiger partial charge in [-0.1, -0.05) is 11.6 Å². The minimum absolute atomic E-state index is 0.154. The van der Waals surface area contributed by atoms with Crippen molar-refractivity contribution in [3.8, 4) is 11.5 Å². The van der Waals surface area contributed by atoms with E-state index in [1.54, 1.807) is 75.7 Å². The summed E-state index contributed by atoms with van der Waals surface area (Å²) in [5.41, 5.74) is 2.72. The maximum atomic E-state index is 12.1. The number of carbonyl (C=O) groups is 2. The SMILES string of the molecule is COc1ccc(NC(=O)Nc2nc(C)cc(Cl)n2)cc1.COc1ccc(NC(=O)Nc2nc(C)cc(NCCCN(C)C)n2)cc1. The number of aryl methyl sites for hydroxylation is 2. The van der Waals surface area contributed by atoms with Crippen molar-refractivity contribution in [3.63, 3.8) is 0 Å². The van der Waals surface area contributed by atoms with E-state index in [4.69, 9.17) is 21.1 Å². The van der Waals surface area contributed by atoms with Crippen LogP contribution in [0.3, 0.4) is 0 Å². The molecule has 4 rings (SSSR count). The number of methoxy groups -OCH3 is 2. The van der Waals surface area contributed by atoms with Crippen LogP contribution in [-0.2, 0) is 0 Å². The highest BCUT2D eigenvalue weighted by Crippen LogP contribution is 2.17. The third-order valence-corrected chi connectivity index (χ3v) is 6.11. The fourth-order valence-electron chi connectivity index (χ4n) is 3.79. The smallest absolute Gasteiger partial charge is 0.326 e. The minimum Gasteiger partial charge on any atom is -0.497 e. The van der Waals surface area contributed by atoms with Crippen LogP contribution in [0.15, 0.2) is 60.7 Å². The molecular formula is C31H39ClN10O4. The molecule has 2 heterocycles. The van der Waals surface area contributed by atoms with Gasteiger partial charge in [0.15, 0.2) is 0 Å². The van der Waals surface area contributed by atoms with Crippen molar-refractivity contribution < 1.29 is 19.1 Å². The predicted molar refractivity (Wildman–Crippen MR) is 181 cm³/mol. The Kier molecular flexibility index (Phi) is 13.7. The second-order valence-electron chi connectivity index (χ2n) is 10.1. The van der Waals surface area contributed by atoms with Crippen molar-refractivity contribution in [2.24, 2.45) is 0 Å². The monoisotopic (exact) mass is 650 g/mol. The first kappa shape index (κ1) is 35.3. The molecule has 5 N–H and O–H groups in total. The fraction of sp³-hybridized carbons (Fsp3) is 0.290. The van der Waals surface area contributed by atoms with Crippen LogP contribution in [-0.4, -0.2) is 78.3 Å². The van der Waals surface area contributed by atoms with E-state index >= 15 is 0 Å². The number of aromatic nitrogens is 4. The van der Waals surface area contributed by atoms with E-state index < -0.39 is 12.1 Å². The molecule has 14 nitrogen and oxygen atoms in total. The topological polar surface area (TPSA) is 168 Å². The Labute approximate surface area is 273 Å². The third kappa shape index (κ3) is 12.8. The molecule has 0 aliphatic carbocycles. The molecule has 2 aromatic heterocycles. The molecule has 15 heteroatoms. The number of rotatable bonds is 11. The second kappa shape index (κ2) is 17.9. The van der Waals surface area contributed by atoms with Crippen LogP contribution in [0.25, 0.3) is 0 Å². The zero-order chi connectivity index (χ0) is 33.5. The van der Waals surface area contributed by atoms with Crippen LogP contribution in [0, 0.1) is 13.8 Å². The Morgan fingerprint density at radius 1 is 0.717 bits per heavy atom. The van der Waals surface area contributed by atoms with Crippen molar-refractivity contribution >= 4 is 52.8 Å². The van der Waals surface area contributed by atoms with Crippen molar-refractivity contribution in [1.29, 1.82) is 0 Å². The normalized spacial score (nSPS) is 10.3. The summed E-state index contributed by atoms with van der Waals surface area (Å²) in [6.45, 7) is 5.41. The average molecular weight is 651 g/mol. The van der Waals surface area contributed by atoms with Gasteiger partial charge >= 0.3 is 12.1 Å². The van der Waals surface area contributed by atoms with Crippen molar-refractivity contribution in [3.05, 3.63) is 77.2 Å². The number of carbonyl (C=O) groups excluding carboxylic acids is 2. The summed E-state index contributed by atoms with van der Waals surface area (Å²) in [6.07, 6.45) is 0.997. The molecule has 0 unspecified atom stereocenters. The maximum Gasteiger partial charge on any atom is 0.326 e. The van der Waals surface area contributed by atoms with Gasteiger partial charge in [-0.05, 0) is 95.5 Å². The molecule has 0 spiro atoms. The molecule has 4 aromatic rings. The zero-order valence-corrected chi connectivity index (χ0v) is 27.4. The molecule has 46 heavy (non-hydrogen) atoms. The minimum atomic E-state index is -0.447. The highest BCUT2D eigenvalue weighted by atomic mass is 35.5. The standard InChI is InChI=1S/C18H26N6O2.C13H13ClN4O2/c1-13-12-16(19-10-5-11-24(2)3)22-17(20-13)23-18(25)21-14-6-8-15(26-4)9-7-14;1-8-7-11(14)17-12(15-8)18-13(19)16-9-3-5-10(20-2)6-4-9/h6-9,12H,5,10-11H2,1-4H3,(H3,19,20,21,22,23,25);3-7H,1-2H3,(H2,15,16,17,18,19). The summed E-state index contributed by atoms with van der Waals surface area (Å²) in [6, 6.07) is 16.6. The van der Waals surface area contributed by atoms with Crippen LogP contribution < -0.4 is 36.1 Å².